The van der Waals surface area contributed by atoms with Crippen LogP contribution in [-0.2, 0) is 6.54 Å². The predicted octanol–water partition coefficient (Wildman–Crippen LogP) is 1.03. The summed E-state index contributed by atoms with van der Waals surface area (Å²) in [4.78, 5) is 11.4. The van der Waals surface area contributed by atoms with Crippen LogP contribution < -0.4 is 5.32 Å². The molecule has 0 bridgehead atoms. The summed E-state index contributed by atoms with van der Waals surface area (Å²) in [5, 5.41) is 19.2. The van der Waals surface area contributed by atoms with E-state index in [1.165, 1.54) is 0 Å². The number of para-hydroxylation sites is 1. The first kappa shape index (κ1) is 8.96. The predicted molar refractivity (Wildman–Crippen MR) is 56.9 cm³/mol. The van der Waals surface area contributed by atoms with Gasteiger partial charge in [-0.2, -0.15) is 5.10 Å². The molecule has 0 saturated heterocycles. The number of carbonyl (C=O) groups is 1. The standard InChI is InChI=1S/C11H9N3O2/c15-8-4-2-1-3-6(8)9-7-5-12-11(16)10(7)14-13-9/h1-4,15H,5H2,(H,12,16)(H,13,14). The van der Waals surface area contributed by atoms with Crippen molar-refractivity contribution in [1.29, 1.82) is 0 Å². The Labute approximate surface area is 91.1 Å². The molecule has 2 heterocycles. The number of hydrogen-bond acceptors (Lipinski definition) is 3. The Morgan fingerprint density at radius 2 is 2.12 bits per heavy atom. The number of fused-ring (bicyclic) bond motifs is 1. The lowest BCUT2D eigenvalue weighted by Gasteiger charge is -2.01. The molecule has 0 saturated carbocycles. The smallest absolute Gasteiger partial charge is 0.269 e. The third-order valence-corrected chi connectivity index (χ3v) is 2.68. The highest BCUT2D eigenvalue weighted by Gasteiger charge is 2.26. The number of hydrogen-bond donors (Lipinski definition) is 3. The maximum atomic E-state index is 11.4. The molecule has 1 amide bonds. The molecule has 3 N–H and O–H groups in total. The van der Waals surface area contributed by atoms with Crippen LogP contribution >= 0.6 is 0 Å². The van der Waals surface area contributed by atoms with Crippen LogP contribution in [-0.4, -0.2) is 21.2 Å². The first-order valence-corrected chi connectivity index (χ1v) is 4.91. The number of H-pyrrole nitrogens is 1. The molecule has 3 rings (SSSR count). The number of aromatic amines is 1. The second-order valence-electron chi connectivity index (χ2n) is 3.63. The number of carbonyl (C=O) groups excluding carboxylic acids is 1. The first-order chi connectivity index (χ1) is 7.77. The highest BCUT2D eigenvalue weighted by Crippen LogP contribution is 2.32. The molecule has 0 atom stereocenters. The lowest BCUT2D eigenvalue weighted by atomic mass is 10.1. The number of phenolic OH excluding ortho intramolecular Hbond substituents is 1. The summed E-state index contributed by atoms with van der Waals surface area (Å²) in [7, 11) is 0. The molecule has 0 aliphatic carbocycles. The Balaban J connectivity index is 2.19. The molecule has 0 radical (unpaired) electrons. The van der Waals surface area contributed by atoms with Gasteiger partial charge in [0.25, 0.3) is 5.91 Å². The Morgan fingerprint density at radius 3 is 2.94 bits per heavy atom. The highest BCUT2D eigenvalue weighted by atomic mass is 16.3. The number of rotatable bonds is 1. The summed E-state index contributed by atoms with van der Waals surface area (Å²) >= 11 is 0. The normalized spacial score (nSPS) is 13.6. The van der Waals surface area contributed by atoms with Crippen LogP contribution in [0.2, 0.25) is 0 Å². The van der Waals surface area contributed by atoms with Gasteiger partial charge >= 0.3 is 0 Å². The number of phenols is 1. The van der Waals surface area contributed by atoms with E-state index in [1.807, 2.05) is 6.07 Å². The topological polar surface area (TPSA) is 78.0 Å². The molecule has 0 fully saturated rings. The van der Waals surface area contributed by atoms with E-state index in [1.54, 1.807) is 18.2 Å². The number of aromatic hydroxyl groups is 1. The number of benzene rings is 1. The Kier molecular flexibility index (Phi) is 1.73. The molecule has 1 aromatic carbocycles. The average molecular weight is 215 g/mol. The number of nitrogens with one attached hydrogen (secondary N) is 2. The summed E-state index contributed by atoms with van der Waals surface area (Å²) in [6.07, 6.45) is 0. The van der Waals surface area contributed by atoms with Crippen molar-refractivity contribution in [3.63, 3.8) is 0 Å². The highest BCUT2D eigenvalue weighted by molar-refractivity contribution is 5.98. The van der Waals surface area contributed by atoms with E-state index in [-0.39, 0.29) is 11.7 Å². The zero-order valence-electron chi connectivity index (χ0n) is 8.32. The van der Waals surface area contributed by atoms with Crippen LogP contribution in [0.5, 0.6) is 5.75 Å². The lowest BCUT2D eigenvalue weighted by Crippen LogP contribution is -2.14. The van der Waals surface area contributed by atoms with Crippen molar-refractivity contribution in [2.24, 2.45) is 0 Å². The zero-order chi connectivity index (χ0) is 11.1. The fourth-order valence-corrected chi connectivity index (χ4v) is 1.88. The van der Waals surface area contributed by atoms with Crippen molar-refractivity contribution in [1.82, 2.24) is 15.5 Å². The van der Waals surface area contributed by atoms with E-state index in [0.717, 1.165) is 5.56 Å². The van der Waals surface area contributed by atoms with Gasteiger partial charge in [-0.1, -0.05) is 12.1 Å². The molecule has 5 nitrogen and oxygen atoms in total. The van der Waals surface area contributed by atoms with E-state index in [2.05, 4.69) is 15.5 Å². The zero-order valence-corrected chi connectivity index (χ0v) is 8.32. The van der Waals surface area contributed by atoms with Crippen molar-refractivity contribution >= 4 is 5.91 Å². The fourth-order valence-electron chi connectivity index (χ4n) is 1.88. The molecule has 5 heteroatoms. The first-order valence-electron chi connectivity index (χ1n) is 4.91. The van der Waals surface area contributed by atoms with E-state index in [9.17, 15) is 9.90 Å². The maximum absolute atomic E-state index is 11.4. The molecular formula is C11H9N3O2. The molecule has 0 unspecified atom stereocenters. The summed E-state index contributed by atoms with van der Waals surface area (Å²) in [6.45, 7) is 0.453. The second-order valence-corrected chi connectivity index (χ2v) is 3.63. The van der Waals surface area contributed by atoms with E-state index in [0.29, 0.717) is 23.5 Å². The van der Waals surface area contributed by atoms with Crippen molar-refractivity contribution in [2.45, 2.75) is 6.54 Å². The minimum absolute atomic E-state index is 0.149. The van der Waals surface area contributed by atoms with Gasteiger partial charge in [0, 0.05) is 17.7 Å². The Hall–Kier alpha value is -2.30. The van der Waals surface area contributed by atoms with Crippen LogP contribution in [0.25, 0.3) is 11.3 Å². The monoisotopic (exact) mass is 215 g/mol. The number of aromatic nitrogens is 2. The minimum Gasteiger partial charge on any atom is -0.507 e. The average Bonchev–Trinajstić information content (AvgIpc) is 2.83. The van der Waals surface area contributed by atoms with Crippen molar-refractivity contribution in [3.8, 4) is 17.0 Å². The summed E-state index contributed by atoms with van der Waals surface area (Å²) in [6, 6.07) is 6.94. The molecule has 1 aromatic heterocycles. The van der Waals surface area contributed by atoms with Gasteiger partial charge in [-0.15, -0.1) is 0 Å². The number of nitrogens with zero attached hydrogens (tertiary/aromatic N) is 1. The van der Waals surface area contributed by atoms with Crippen molar-refractivity contribution in [2.75, 3.05) is 0 Å². The number of amides is 1. The molecule has 16 heavy (non-hydrogen) atoms. The maximum Gasteiger partial charge on any atom is 0.269 e. The van der Waals surface area contributed by atoms with Crippen LogP contribution in [0.4, 0.5) is 0 Å². The van der Waals surface area contributed by atoms with Gasteiger partial charge in [-0.3, -0.25) is 9.89 Å². The van der Waals surface area contributed by atoms with Gasteiger partial charge in [0.05, 0.1) is 0 Å². The van der Waals surface area contributed by atoms with Gasteiger partial charge in [0.1, 0.15) is 17.1 Å². The van der Waals surface area contributed by atoms with E-state index >= 15 is 0 Å². The van der Waals surface area contributed by atoms with E-state index < -0.39 is 0 Å². The summed E-state index contributed by atoms with van der Waals surface area (Å²) in [5.74, 6) is 0.0142. The Bertz CT molecular complexity index is 574. The fraction of sp³-hybridized carbons (Fsp3) is 0.0909. The van der Waals surface area contributed by atoms with Crippen molar-refractivity contribution < 1.29 is 9.90 Å². The molecule has 2 aromatic rings. The molecule has 1 aliphatic rings. The van der Waals surface area contributed by atoms with Gasteiger partial charge in [0.2, 0.25) is 0 Å². The Morgan fingerprint density at radius 1 is 1.31 bits per heavy atom. The molecule has 1 aliphatic heterocycles. The SMILES string of the molecule is O=C1NCc2c(-c3ccccc3O)n[nH]c21. The van der Waals surface area contributed by atoms with Crippen LogP contribution in [0.15, 0.2) is 24.3 Å². The van der Waals surface area contributed by atoms with Gasteiger partial charge < -0.3 is 10.4 Å². The lowest BCUT2D eigenvalue weighted by molar-refractivity contribution is 0.0961. The van der Waals surface area contributed by atoms with Gasteiger partial charge in [0.15, 0.2) is 0 Å². The van der Waals surface area contributed by atoms with E-state index in [4.69, 9.17) is 0 Å². The third kappa shape index (κ3) is 1.11. The quantitative estimate of drug-likeness (QED) is 0.664. The minimum atomic E-state index is -0.149. The van der Waals surface area contributed by atoms with Crippen LogP contribution in [0.1, 0.15) is 16.1 Å². The second kappa shape index (κ2) is 3.10. The van der Waals surface area contributed by atoms with Crippen LogP contribution in [0, 0.1) is 0 Å². The molecular weight excluding hydrogens is 206 g/mol. The molecule has 0 spiro atoms. The summed E-state index contributed by atoms with van der Waals surface area (Å²) in [5.41, 5.74) is 2.56. The van der Waals surface area contributed by atoms with Crippen LogP contribution in [0.3, 0.4) is 0 Å². The van der Waals surface area contributed by atoms with Gasteiger partial charge in [-0.25, -0.2) is 0 Å². The largest absolute Gasteiger partial charge is 0.507 e. The van der Waals surface area contributed by atoms with Crippen molar-refractivity contribution in [3.05, 3.63) is 35.5 Å². The third-order valence-electron chi connectivity index (χ3n) is 2.68. The van der Waals surface area contributed by atoms with Gasteiger partial charge in [-0.05, 0) is 12.1 Å². The molecule has 80 valence electrons. The summed E-state index contributed by atoms with van der Waals surface area (Å²) < 4.78 is 0.